The van der Waals surface area contributed by atoms with Crippen LogP contribution in [0.2, 0.25) is 0 Å². The Bertz CT molecular complexity index is 924. The van der Waals surface area contributed by atoms with Crippen molar-refractivity contribution < 1.29 is 14.3 Å². The second kappa shape index (κ2) is 10.2. The van der Waals surface area contributed by atoms with Crippen LogP contribution in [-0.4, -0.2) is 23.5 Å². The normalized spacial score (nSPS) is 12.7. The number of rotatable bonds is 8. The van der Waals surface area contributed by atoms with Crippen LogP contribution in [0.1, 0.15) is 48.5 Å². The minimum absolute atomic E-state index is 0.0493. The third-order valence-electron chi connectivity index (χ3n) is 4.81. The number of ether oxygens (including phenoxy) is 1. The number of benzene rings is 2. The van der Waals surface area contributed by atoms with Crippen LogP contribution in [0.5, 0.6) is 5.75 Å². The maximum atomic E-state index is 12.4. The highest BCUT2D eigenvalue weighted by Gasteiger charge is 2.29. The Morgan fingerprint density at radius 2 is 1.83 bits per heavy atom. The molecule has 2 amide bonds. The van der Waals surface area contributed by atoms with Crippen LogP contribution in [0, 0.1) is 12.8 Å². The summed E-state index contributed by atoms with van der Waals surface area (Å²) in [6.45, 7) is 4.70. The van der Waals surface area contributed by atoms with Gasteiger partial charge in [0.25, 0.3) is 5.91 Å². The standard InChI is InChI=1S/C23H27N3O3S/c1-3-4-13-29-19-11-8-17(9-12-19)22(28)26-23(30)24-18-10-5-15(2)20(14-18)25-21(27)16-6-7-16/h5,8-12,14,16H,3-4,6-7,13H2,1-2H3,(H,25,27)(H2,24,26,28,30). The minimum Gasteiger partial charge on any atom is -0.494 e. The molecule has 3 rings (SSSR count). The summed E-state index contributed by atoms with van der Waals surface area (Å²) in [4.78, 5) is 24.5. The lowest BCUT2D eigenvalue weighted by molar-refractivity contribution is -0.117. The van der Waals surface area contributed by atoms with Crippen LogP contribution in [0.4, 0.5) is 11.4 Å². The fraction of sp³-hybridized carbons (Fsp3) is 0.348. The average molecular weight is 426 g/mol. The van der Waals surface area contributed by atoms with E-state index in [1.807, 2.05) is 25.1 Å². The predicted molar refractivity (Wildman–Crippen MR) is 123 cm³/mol. The summed E-state index contributed by atoms with van der Waals surface area (Å²) >= 11 is 5.27. The van der Waals surface area contributed by atoms with Crippen LogP contribution in [0.3, 0.4) is 0 Å². The molecule has 1 fully saturated rings. The van der Waals surface area contributed by atoms with E-state index < -0.39 is 0 Å². The third kappa shape index (κ3) is 6.29. The van der Waals surface area contributed by atoms with Crippen molar-refractivity contribution in [1.82, 2.24) is 5.32 Å². The summed E-state index contributed by atoms with van der Waals surface area (Å²) in [6.07, 6.45) is 3.96. The van der Waals surface area contributed by atoms with Crippen LogP contribution < -0.4 is 20.7 Å². The summed E-state index contributed by atoms with van der Waals surface area (Å²) < 4.78 is 5.61. The Morgan fingerprint density at radius 1 is 1.10 bits per heavy atom. The molecule has 1 aliphatic carbocycles. The zero-order valence-electron chi connectivity index (χ0n) is 17.3. The van der Waals surface area contributed by atoms with Crippen molar-refractivity contribution in [3.05, 3.63) is 53.6 Å². The molecule has 30 heavy (non-hydrogen) atoms. The van der Waals surface area contributed by atoms with Gasteiger partial charge in [-0.15, -0.1) is 0 Å². The minimum atomic E-state index is -0.304. The van der Waals surface area contributed by atoms with Gasteiger partial charge in [-0.2, -0.15) is 0 Å². The number of unbranched alkanes of at least 4 members (excludes halogenated alkanes) is 1. The van der Waals surface area contributed by atoms with Crippen molar-refractivity contribution in [2.24, 2.45) is 5.92 Å². The molecule has 0 aliphatic heterocycles. The fourth-order valence-electron chi connectivity index (χ4n) is 2.79. The molecule has 7 heteroatoms. The lowest BCUT2D eigenvalue weighted by atomic mass is 10.1. The number of anilines is 2. The number of nitrogens with one attached hydrogen (secondary N) is 3. The Morgan fingerprint density at radius 3 is 2.50 bits per heavy atom. The van der Waals surface area contributed by atoms with Crippen molar-refractivity contribution in [2.45, 2.75) is 39.5 Å². The number of amides is 2. The molecule has 0 heterocycles. The molecule has 2 aromatic rings. The molecule has 158 valence electrons. The first kappa shape index (κ1) is 21.8. The van der Waals surface area contributed by atoms with Gasteiger partial charge in [-0.05, 0) is 80.4 Å². The highest BCUT2D eigenvalue weighted by Crippen LogP contribution is 2.31. The first-order valence-corrected chi connectivity index (χ1v) is 10.6. The predicted octanol–water partition coefficient (Wildman–Crippen LogP) is 4.65. The molecule has 0 spiro atoms. The van der Waals surface area contributed by atoms with Crippen LogP contribution in [0.15, 0.2) is 42.5 Å². The number of hydrogen-bond acceptors (Lipinski definition) is 4. The van der Waals surface area contributed by atoms with Crippen LogP contribution in [0.25, 0.3) is 0 Å². The molecule has 0 radical (unpaired) electrons. The van der Waals surface area contributed by atoms with E-state index in [0.717, 1.165) is 42.7 Å². The van der Waals surface area contributed by atoms with E-state index >= 15 is 0 Å². The Hall–Kier alpha value is -2.93. The molecular weight excluding hydrogens is 398 g/mol. The quantitative estimate of drug-likeness (QED) is 0.424. The van der Waals surface area contributed by atoms with Crippen LogP contribution in [-0.2, 0) is 4.79 Å². The molecule has 0 saturated heterocycles. The highest BCUT2D eigenvalue weighted by molar-refractivity contribution is 7.80. The van der Waals surface area contributed by atoms with Crippen molar-refractivity contribution in [3.8, 4) is 5.75 Å². The van der Waals surface area contributed by atoms with Gasteiger partial charge in [0.05, 0.1) is 6.61 Å². The number of aryl methyl sites for hydroxylation is 1. The van der Waals surface area contributed by atoms with Gasteiger partial charge < -0.3 is 15.4 Å². The van der Waals surface area contributed by atoms with Crippen molar-refractivity contribution >= 4 is 40.5 Å². The average Bonchev–Trinajstić information content (AvgIpc) is 3.56. The van der Waals surface area contributed by atoms with Crippen molar-refractivity contribution in [2.75, 3.05) is 17.2 Å². The van der Waals surface area contributed by atoms with Gasteiger partial charge in [-0.25, -0.2) is 0 Å². The molecule has 1 aliphatic rings. The Balaban J connectivity index is 1.54. The van der Waals surface area contributed by atoms with Gasteiger partial charge >= 0.3 is 0 Å². The van der Waals surface area contributed by atoms with Gasteiger partial charge in [0, 0.05) is 22.9 Å². The first-order valence-electron chi connectivity index (χ1n) is 10.2. The van der Waals surface area contributed by atoms with Crippen LogP contribution >= 0.6 is 12.2 Å². The summed E-state index contributed by atoms with van der Waals surface area (Å²) in [6, 6.07) is 12.5. The summed E-state index contributed by atoms with van der Waals surface area (Å²) in [7, 11) is 0. The van der Waals surface area contributed by atoms with E-state index in [1.54, 1.807) is 24.3 Å². The molecular formula is C23H27N3O3S. The number of hydrogen-bond donors (Lipinski definition) is 3. The van der Waals surface area contributed by atoms with Gasteiger partial charge in [0.1, 0.15) is 5.75 Å². The Labute approximate surface area is 182 Å². The van der Waals surface area contributed by atoms with E-state index in [1.165, 1.54) is 0 Å². The maximum Gasteiger partial charge on any atom is 0.257 e. The molecule has 0 atom stereocenters. The Kier molecular flexibility index (Phi) is 7.41. The van der Waals surface area contributed by atoms with Gasteiger partial charge in [0.2, 0.25) is 5.91 Å². The zero-order valence-corrected chi connectivity index (χ0v) is 18.1. The molecule has 1 saturated carbocycles. The van der Waals surface area contributed by atoms with E-state index in [4.69, 9.17) is 17.0 Å². The third-order valence-corrected chi connectivity index (χ3v) is 5.02. The number of carbonyl (C=O) groups excluding carboxylic acids is 2. The topological polar surface area (TPSA) is 79.5 Å². The maximum absolute atomic E-state index is 12.4. The molecule has 3 N–H and O–H groups in total. The number of thiocarbonyl (C=S) groups is 1. The second-order valence-corrected chi connectivity index (χ2v) is 7.84. The largest absolute Gasteiger partial charge is 0.494 e. The van der Waals surface area contributed by atoms with Crippen molar-refractivity contribution in [3.63, 3.8) is 0 Å². The lowest BCUT2D eigenvalue weighted by Gasteiger charge is -2.13. The fourth-order valence-corrected chi connectivity index (χ4v) is 3.00. The van der Waals surface area contributed by atoms with E-state index in [-0.39, 0.29) is 22.8 Å². The smallest absolute Gasteiger partial charge is 0.257 e. The molecule has 6 nitrogen and oxygen atoms in total. The molecule has 0 unspecified atom stereocenters. The van der Waals surface area contributed by atoms with E-state index in [0.29, 0.717) is 17.9 Å². The lowest BCUT2D eigenvalue weighted by Crippen LogP contribution is -2.34. The monoisotopic (exact) mass is 425 g/mol. The first-order chi connectivity index (χ1) is 14.5. The number of carbonyl (C=O) groups is 2. The van der Waals surface area contributed by atoms with Gasteiger partial charge in [-0.3, -0.25) is 14.9 Å². The molecule has 0 bridgehead atoms. The summed E-state index contributed by atoms with van der Waals surface area (Å²) in [5, 5.41) is 8.81. The van der Waals surface area contributed by atoms with Gasteiger partial charge in [-0.1, -0.05) is 19.4 Å². The zero-order chi connectivity index (χ0) is 21.5. The summed E-state index contributed by atoms with van der Waals surface area (Å²) in [5.41, 5.74) is 2.88. The molecule has 2 aromatic carbocycles. The van der Waals surface area contributed by atoms with Gasteiger partial charge in [0.15, 0.2) is 5.11 Å². The molecule has 0 aromatic heterocycles. The highest BCUT2D eigenvalue weighted by atomic mass is 32.1. The van der Waals surface area contributed by atoms with E-state index in [2.05, 4.69) is 22.9 Å². The summed E-state index contributed by atoms with van der Waals surface area (Å²) in [5.74, 6) is 0.612. The second-order valence-electron chi connectivity index (χ2n) is 7.43. The van der Waals surface area contributed by atoms with E-state index in [9.17, 15) is 9.59 Å². The van der Waals surface area contributed by atoms with Crippen molar-refractivity contribution in [1.29, 1.82) is 0 Å². The SMILES string of the molecule is CCCCOc1ccc(C(=O)NC(=S)Nc2ccc(C)c(NC(=O)C3CC3)c2)cc1.